The van der Waals surface area contributed by atoms with Gasteiger partial charge in [-0.2, -0.15) is 5.11 Å². The summed E-state index contributed by atoms with van der Waals surface area (Å²) in [5.41, 5.74) is 1.33. The van der Waals surface area contributed by atoms with Gasteiger partial charge in [-0.25, -0.2) is 4.39 Å². The molecule has 0 atom stereocenters. The summed E-state index contributed by atoms with van der Waals surface area (Å²) in [6, 6.07) is 10.8. The number of benzene rings is 2. The molecule has 4 rings (SSSR count). The number of halogens is 1. The third-order valence-electron chi connectivity index (χ3n) is 3.51. The summed E-state index contributed by atoms with van der Waals surface area (Å²) in [5, 5.41) is 13.2. The lowest BCUT2D eigenvalue weighted by atomic mass is 10.1. The molecule has 24 heavy (non-hydrogen) atoms. The molecule has 2 N–H and O–H groups in total. The van der Waals surface area contributed by atoms with Crippen molar-refractivity contribution in [1.82, 2.24) is 10.2 Å². The van der Waals surface area contributed by atoms with E-state index in [1.165, 1.54) is 24.3 Å². The number of nitrogens with one attached hydrogen (secondary N) is 2. The number of aromatic amines is 2. The molecule has 2 aromatic carbocycles. The van der Waals surface area contributed by atoms with Crippen LogP contribution in [0, 0.1) is 5.82 Å². The fourth-order valence-corrected chi connectivity index (χ4v) is 2.32. The predicted octanol–water partition coefficient (Wildman–Crippen LogP) is 3.65. The molecule has 1 aliphatic heterocycles. The maximum Gasteiger partial charge on any atom is 0.292 e. The number of aromatic nitrogens is 2. The first kappa shape index (κ1) is 14.2. The Bertz CT molecular complexity index is 976. The Morgan fingerprint density at radius 3 is 2.58 bits per heavy atom. The van der Waals surface area contributed by atoms with E-state index >= 15 is 0 Å². The zero-order valence-electron chi connectivity index (χ0n) is 12.2. The number of nitrogens with zero attached hydrogens (tertiary/aromatic N) is 2. The van der Waals surface area contributed by atoms with Crippen LogP contribution in [0.1, 0.15) is 0 Å². The molecular weight excluding hydrogens is 315 g/mol. The summed E-state index contributed by atoms with van der Waals surface area (Å²) < 4.78 is 23.5. The SMILES string of the molecule is O=c1[nH][nH]c(-c2ccc3c(c2)OCO3)c1N=Nc1ccc(F)cc1. The van der Waals surface area contributed by atoms with Crippen molar-refractivity contribution in [2.45, 2.75) is 0 Å². The molecular formula is C16H11FN4O3. The first-order valence-corrected chi connectivity index (χ1v) is 7.09. The number of fused-ring (bicyclic) bond motifs is 1. The molecule has 0 unspecified atom stereocenters. The van der Waals surface area contributed by atoms with Crippen LogP contribution in [0.3, 0.4) is 0 Å². The van der Waals surface area contributed by atoms with E-state index in [4.69, 9.17) is 9.47 Å². The van der Waals surface area contributed by atoms with Crippen molar-refractivity contribution in [3.63, 3.8) is 0 Å². The number of H-pyrrole nitrogens is 2. The summed E-state index contributed by atoms with van der Waals surface area (Å²) in [7, 11) is 0. The molecule has 0 amide bonds. The molecule has 0 fully saturated rings. The molecule has 0 aliphatic carbocycles. The summed E-state index contributed by atoms with van der Waals surface area (Å²) in [6.45, 7) is 0.166. The van der Waals surface area contributed by atoms with Gasteiger partial charge >= 0.3 is 0 Å². The smallest absolute Gasteiger partial charge is 0.292 e. The van der Waals surface area contributed by atoms with E-state index < -0.39 is 5.56 Å². The zero-order valence-corrected chi connectivity index (χ0v) is 12.2. The van der Waals surface area contributed by atoms with E-state index in [0.29, 0.717) is 28.4 Å². The maximum atomic E-state index is 12.9. The lowest BCUT2D eigenvalue weighted by Gasteiger charge is -2.01. The van der Waals surface area contributed by atoms with Crippen molar-refractivity contribution in [1.29, 1.82) is 0 Å². The second-order valence-corrected chi connectivity index (χ2v) is 5.05. The second-order valence-electron chi connectivity index (χ2n) is 5.05. The van der Waals surface area contributed by atoms with Crippen molar-refractivity contribution in [3.05, 3.63) is 58.6 Å². The van der Waals surface area contributed by atoms with E-state index in [9.17, 15) is 9.18 Å². The van der Waals surface area contributed by atoms with Crippen molar-refractivity contribution in [2.24, 2.45) is 10.2 Å². The molecule has 8 heteroatoms. The van der Waals surface area contributed by atoms with E-state index in [1.807, 2.05) is 0 Å². The van der Waals surface area contributed by atoms with Gasteiger partial charge in [0.15, 0.2) is 17.2 Å². The number of hydrogen-bond donors (Lipinski definition) is 2. The molecule has 0 saturated heterocycles. The average Bonchev–Trinajstić information content (AvgIpc) is 3.20. The molecule has 7 nitrogen and oxygen atoms in total. The first-order valence-electron chi connectivity index (χ1n) is 7.09. The van der Waals surface area contributed by atoms with Crippen LogP contribution >= 0.6 is 0 Å². The van der Waals surface area contributed by atoms with Crippen LogP contribution in [0.2, 0.25) is 0 Å². The molecule has 0 bridgehead atoms. The summed E-state index contributed by atoms with van der Waals surface area (Å²) >= 11 is 0. The standard InChI is InChI=1S/C16H11FN4O3/c17-10-2-4-11(5-3-10)18-20-15-14(19-21-16(15)22)9-1-6-12-13(7-9)24-8-23-12/h1-7H,8H2,(H2,19,21,22). The van der Waals surface area contributed by atoms with Gasteiger partial charge in [-0.15, -0.1) is 5.11 Å². The van der Waals surface area contributed by atoms with E-state index in [-0.39, 0.29) is 18.3 Å². The van der Waals surface area contributed by atoms with E-state index in [1.54, 1.807) is 18.2 Å². The van der Waals surface area contributed by atoms with Gasteiger partial charge in [0.25, 0.3) is 5.56 Å². The van der Waals surface area contributed by atoms with Crippen molar-refractivity contribution in [3.8, 4) is 22.8 Å². The molecule has 120 valence electrons. The van der Waals surface area contributed by atoms with E-state index in [2.05, 4.69) is 20.4 Å². The Hall–Kier alpha value is -3.42. The van der Waals surface area contributed by atoms with Gasteiger partial charge in [0.1, 0.15) is 5.82 Å². The number of ether oxygens (including phenoxy) is 2. The quantitative estimate of drug-likeness (QED) is 0.720. The lowest BCUT2D eigenvalue weighted by Crippen LogP contribution is -1.96. The number of azo groups is 1. The van der Waals surface area contributed by atoms with Crippen LogP contribution in [0.5, 0.6) is 11.5 Å². The molecule has 0 spiro atoms. The molecule has 0 saturated carbocycles. The first-order chi connectivity index (χ1) is 11.7. The Labute approximate surface area is 134 Å². The molecule has 0 radical (unpaired) electrons. The van der Waals surface area contributed by atoms with Crippen LogP contribution in [-0.2, 0) is 0 Å². The Morgan fingerprint density at radius 1 is 0.958 bits per heavy atom. The van der Waals surface area contributed by atoms with Gasteiger partial charge in [-0.3, -0.25) is 15.0 Å². The van der Waals surface area contributed by atoms with Gasteiger partial charge in [-0.05, 0) is 42.5 Å². The number of hydrogen-bond acceptors (Lipinski definition) is 5. The highest BCUT2D eigenvalue weighted by atomic mass is 19.1. The Kier molecular flexibility index (Phi) is 3.34. The fourth-order valence-electron chi connectivity index (χ4n) is 2.32. The monoisotopic (exact) mass is 326 g/mol. The van der Waals surface area contributed by atoms with Crippen molar-refractivity contribution < 1.29 is 13.9 Å². The van der Waals surface area contributed by atoms with Crippen LogP contribution in [-0.4, -0.2) is 17.0 Å². The third kappa shape index (κ3) is 2.54. The fraction of sp³-hybridized carbons (Fsp3) is 0.0625. The van der Waals surface area contributed by atoms with Crippen LogP contribution in [0.15, 0.2) is 57.5 Å². The summed E-state index contributed by atoms with van der Waals surface area (Å²) in [6.07, 6.45) is 0. The largest absolute Gasteiger partial charge is 0.454 e. The highest BCUT2D eigenvalue weighted by molar-refractivity contribution is 5.73. The molecule has 1 aromatic heterocycles. The molecule has 1 aliphatic rings. The van der Waals surface area contributed by atoms with Gasteiger partial charge in [0.05, 0.1) is 11.4 Å². The second kappa shape index (κ2) is 5.65. The zero-order chi connectivity index (χ0) is 16.5. The Morgan fingerprint density at radius 2 is 1.75 bits per heavy atom. The predicted molar refractivity (Wildman–Crippen MR) is 83.5 cm³/mol. The maximum absolute atomic E-state index is 12.9. The minimum atomic E-state index is -0.409. The summed E-state index contributed by atoms with van der Waals surface area (Å²) in [5.74, 6) is 0.872. The highest BCUT2D eigenvalue weighted by Crippen LogP contribution is 2.37. The van der Waals surface area contributed by atoms with Gasteiger partial charge in [0, 0.05) is 5.56 Å². The topological polar surface area (TPSA) is 91.8 Å². The Balaban J connectivity index is 1.71. The number of rotatable bonds is 3. The van der Waals surface area contributed by atoms with Gasteiger partial charge in [0.2, 0.25) is 6.79 Å². The highest BCUT2D eigenvalue weighted by Gasteiger charge is 2.17. The van der Waals surface area contributed by atoms with Gasteiger partial charge < -0.3 is 9.47 Å². The lowest BCUT2D eigenvalue weighted by molar-refractivity contribution is 0.174. The average molecular weight is 326 g/mol. The minimum Gasteiger partial charge on any atom is -0.454 e. The van der Waals surface area contributed by atoms with Crippen molar-refractivity contribution >= 4 is 11.4 Å². The molecule has 3 aromatic rings. The minimum absolute atomic E-state index is 0.123. The van der Waals surface area contributed by atoms with E-state index in [0.717, 1.165) is 0 Å². The van der Waals surface area contributed by atoms with Crippen LogP contribution in [0.4, 0.5) is 15.8 Å². The summed E-state index contributed by atoms with van der Waals surface area (Å²) in [4.78, 5) is 12.0. The third-order valence-corrected chi connectivity index (χ3v) is 3.51. The van der Waals surface area contributed by atoms with Crippen molar-refractivity contribution in [2.75, 3.05) is 6.79 Å². The normalized spacial score (nSPS) is 12.9. The van der Waals surface area contributed by atoms with Gasteiger partial charge in [-0.1, -0.05) is 0 Å². The van der Waals surface area contributed by atoms with Crippen LogP contribution in [0.25, 0.3) is 11.3 Å². The van der Waals surface area contributed by atoms with Crippen LogP contribution < -0.4 is 15.0 Å². The molecule has 2 heterocycles.